The number of methoxy groups -OCH3 is 1. The number of rotatable bonds is 4. The van der Waals surface area contributed by atoms with Gasteiger partial charge in [0.15, 0.2) is 0 Å². The molecule has 0 aromatic heterocycles. The molecule has 21 heavy (non-hydrogen) atoms. The normalized spacial score (nSPS) is 16.8. The summed E-state index contributed by atoms with van der Waals surface area (Å²) >= 11 is 3.34. The van der Waals surface area contributed by atoms with E-state index in [0.717, 1.165) is 17.6 Å². The van der Waals surface area contributed by atoms with Crippen LogP contribution in [0.4, 0.5) is 8.78 Å². The Morgan fingerprint density at radius 2 is 1.86 bits per heavy atom. The Kier molecular flexibility index (Phi) is 9.73. The molecule has 1 aliphatic rings. The molecule has 0 aliphatic carbocycles. The van der Waals surface area contributed by atoms with Gasteiger partial charge in [-0.25, -0.2) is 8.78 Å². The molecular formula is C13H19BrCl2F2N2O. The predicted molar refractivity (Wildman–Crippen MR) is 88.4 cm³/mol. The molecule has 1 aliphatic heterocycles. The zero-order valence-corrected chi connectivity index (χ0v) is 14.7. The summed E-state index contributed by atoms with van der Waals surface area (Å²) in [5.41, 5.74) is 0.536. The van der Waals surface area contributed by atoms with E-state index < -0.39 is 12.5 Å². The third-order valence-corrected chi connectivity index (χ3v) is 3.79. The zero-order chi connectivity index (χ0) is 13.8. The molecule has 122 valence electrons. The Bertz CT molecular complexity index is 435. The van der Waals surface area contributed by atoms with Crippen LogP contribution in [0.5, 0.6) is 5.75 Å². The minimum atomic E-state index is -2.44. The maximum Gasteiger partial charge on any atom is 0.258 e. The molecule has 0 bridgehead atoms. The molecule has 1 fully saturated rings. The van der Waals surface area contributed by atoms with Crippen molar-refractivity contribution in [2.24, 2.45) is 0 Å². The maximum atomic E-state index is 13.5. The first-order valence-corrected chi connectivity index (χ1v) is 6.99. The molecule has 0 unspecified atom stereocenters. The lowest BCUT2D eigenvalue weighted by molar-refractivity contribution is 0.0170. The Morgan fingerprint density at radius 1 is 1.24 bits per heavy atom. The highest BCUT2D eigenvalue weighted by atomic mass is 79.9. The molecule has 1 aromatic rings. The molecule has 0 amide bonds. The summed E-state index contributed by atoms with van der Waals surface area (Å²) in [7, 11) is 1.51. The summed E-state index contributed by atoms with van der Waals surface area (Å²) in [4.78, 5) is 1.81. The van der Waals surface area contributed by atoms with Gasteiger partial charge in [-0.2, -0.15) is 0 Å². The fourth-order valence-corrected chi connectivity index (χ4v) is 2.77. The Morgan fingerprint density at radius 3 is 2.38 bits per heavy atom. The zero-order valence-electron chi connectivity index (χ0n) is 11.5. The van der Waals surface area contributed by atoms with Gasteiger partial charge in [-0.05, 0) is 18.2 Å². The third-order valence-electron chi connectivity index (χ3n) is 3.29. The molecule has 8 heteroatoms. The minimum Gasteiger partial charge on any atom is -0.496 e. The van der Waals surface area contributed by atoms with Crippen LogP contribution in [0.15, 0.2) is 22.7 Å². The van der Waals surface area contributed by atoms with Crippen molar-refractivity contribution in [1.82, 2.24) is 10.2 Å². The minimum absolute atomic E-state index is 0. The van der Waals surface area contributed by atoms with Gasteiger partial charge in [0.2, 0.25) is 0 Å². The fraction of sp³-hybridized carbons (Fsp3) is 0.538. The number of halogens is 5. The number of hydrogen-bond donors (Lipinski definition) is 1. The topological polar surface area (TPSA) is 24.5 Å². The molecule has 1 aromatic carbocycles. The first-order valence-electron chi connectivity index (χ1n) is 6.20. The van der Waals surface area contributed by atoms with Crippen LogP contribution in [0.2, 0.25) is 0 Å². The molecule has 0 radical (unpaired) electrons. The molecule has 3 nitrogen and oxygen atoms in total. The van der Waals surface area contributed by atoms with E-state index in [1.807, 2.05) is 4.90 Å². The molecule has 2 rings (SSSR count). The molecule has 0 saturated carbocycles. The number of benzene rings is 1. The second-order valence-electron chi connectivity index (χ2n) is 4.45. The second kappa shape index (κ2) is 9.79. The van der Waals surface area contributed by atoms with E-state index in [1.165, 1.54) is 7.11 Å². The van der Waals surface area contributed by atoms with E-state index in [9.17, 15) is 8.78 Å². The highest BCUT2D eigenvalue weighted by Gasteiger charge is 2.32. The quantitative estimate of drug-likeness (QED) is 0.826. The van der Waals surface area contributed by atoms with E-state index in [2.05, 4.69) is 21.2 Å². The lowest BCUT2D eigenvalue weighted by Crippen LogP contribution is -2.47. The monoisotopic (exact) mass is 406 g/mol. The summed E-state index contributed by atoms with van der Waals surface area (Å²) < 4.78 is 33.0. The summed E-state index contributed by atoms with van der Waals surface area (Å²) in [6, 6.07) is 4.31. The van der Waals surface area contributed by atoms with Crippen LogP contribution >= 0.6 is 40.7 Å². The SMILES string of the molecule is COc1ccc(Br)cc1[C@H](C(F)F)N1CCNCC1.Cl.Cl. The van der Waals surface area contributed by atoms with Gasteiger partial charge in [-0.1, -0.05) is 15.9 Å². The molecule has 0 spiro atoms. The van der Waals surface area contributed by atoms with Gasteiger partial charge < -0.3 is 10.1 Å². The Hall–Kier alpha value is -0.140. The average molecular weight is 408 g/mol. The van der Waals surface area contributed by atoms with Gasteiger partial charge in [-0.3, -0.25) is 4.90 Å². The number of nitrogens with one attached hydrogen (secondary N) is 1. The van der Waals surface area contributed by atoms with Crippen LogP contribution < -0.4 is 10.1 Å². The number of ether oxygens (including phenoxy) is 1. The predicted octanol–water partition coefficient (Wildman–Crippen LogP) is 3.51. The standard InChI is InChI=1S/C13H17BrF2N2O.2ClH/c1-19-11-3-2-9(14)8-10(11)12(13(15)16)18-6-4-17-5-7-18;;/h2-3,8,12-13,17H,4-7H2,1H3;2*1H/t12-;;/m1../s1. The number of alkyl halides is 2. The van der Waals surface area contributed by atoms with Crippen LogP contribution in [0, 0.1) is 0 Å². The molecule has 1 heterocycles. The molecule has 1 atom stereocenters. The Labute approximate surface area is 144 Å². The van der Waals surface area contributed by atoms with Crippen molar-refractivity contribution in [3.05, 3.63) is 28.2 Å². The van der Waals surface area contributed by atoms with Crippen LogP contribution in [0.1, 0.15) is 11.6 Å². The fourth-order valence-electron chi connectivity index (χ4n) is 2.39. The summed E-state index contributed by atoms with van der Waals surface area (Å²) in [6.45, 7) is 2.70. The van der Waals surface area contributed by atoms with Crippen molar-refractivity contribution >= 4 is 40.7 Å². The van der Waals surface area contributed by atoms with Crippen LogP contribution in [-0.4, -0.2) is 44.6 Å². The van der Waals surface area contributed by atoms with Crippen molar-refractivity contribution in [2.75, 3.05) is 33.3 Å². The van der Waals surface area contributed by atoms with Gasteiger partial charge in [0.05, 0.1) is 7.11 Å². The van der Waals surface area contributed by atoms with E-state index in [0.29, 0.717) is 24.4 Å². The number of hydrogen-bond acceptors (Lipinski definition) is 3. The summed E-state index contributed by atoms with van der Waals surface area (Å²) in [5.74, 6) is 0.507. The highest BCUT2D eigenvalue weighted by Crippen LogP contribution is 2.35. The smallest absolute Gasteiger partial charge is 0.258 e. The van der Waals surface area contributed by atoms with Gasteiger partial charge in [-0.15, -0.1) is 24.8 Å². The summed E-state index contributed by atoms with van der Waals surface area (Å²) in [6.07, 6.45) is -2.44. The van der Waals surface area contributed by atoms with E-state index in [-0.39, 0.29) is 24.8 Å². The largest absolute Gasteiger partial charge is 0.496 e. The van der Waals surface area contributed by atoms with Crippen molar-refractivity contribution in [2.45, 2.75) is 12.5 Å². The van der Waals surface area contributed by atoms with Crippen molar-refractivity contribution < 1.29 is 13.5 Å². The lowest BCUT2D eigenvalue weighted by atomic mass is 10.0. The first-order chi connectivity index (χ1) is 9.13. The molecule has 1 saturated heterocycles. The molecular weight excluding hydrogens is 389 g/mol. The van der Waals surface area contributed by atoms with Crippen LogP contribution in [0.3, 0.4) is 0 Å². The second-order valence-corrected chi connectivity index (χ2v) is 5.37. The van der Waals surface area contributed by atoms with Gasteiger partial charge in [0.25, 0.3) is 6.43 Å². The van der Waals surface area contributed by atoms with Crippen molar-refractivity contribution in [1.29, 1.82) is 0 Å². The van der Waals surface area contributed by atoms with Crippen LogP contribution in [0.25, 0.3) is 0 Å². The van der Waals surface area contributed by atoms with Crippen LogP contribution in [-0.2, 0) is 0 Å². The van der Waals surface area contributed by atoms with Gasteiger partial charge in [0.1, 0.15) is 11.8 Å². The number of piperazine rings is 1. The van der Waals surface area contributed by atoms with E-state index >= 15 is 0 Å². The number of nitrogens with zero attached hydrogens (tertiary/aromatic N) is 1. The van der Waals surface area contributed by atoms with E-state index in [4.69, 9.17) is 4.74 Å². The summed E-state index contributed by atoms with van der Waals surface area (Å²) in [5, 5.41) is 3.17. The lowest BCUT2D eigenvalue weighted by Gasteiger charge is -2.35. The van der Waals surface area contributed by atoms with Gasteiger partial charge >= 0.3 is 0 Å². The van der Waals surface area contributed by atoms with Gasteiger partial charge in [0, 0.05) is 36.2 Å². The third kappa shape index (κ3) is 5.21. The molecule has 1 N–H and O–H groups in total. The maximum absolute atomic E-state index is 13.5. The first kappa shape index (κ1) is 20.9. The van der Waals surface area contributed by atoms with Crippen molar-refractivity contribution in [3.8, 4) is 5.75 Å². The highest BCUT2D eigenvalue weighted by molar-refractivity contribution is 9.10. The van der Waals surface area contributed by atoms with Crippen molar-refractivity contribution in [3.63, 3.8) is 0 Å². The Balaban J connectivity index is 0.00000200. The average Bonchev–Trinajstić information content (AvgIpc) is 2.40. The van der Waals surface area contributed by atoms with E-state index in [1.54, 1.807) is 18.2 Å².